The summed E-state index contributed by atoms with van der Waals surface area (Å²) in [6.45, 7) is 2.67. The molecule has 2 aromatic rings. The Morgan fingerprint density at radius 1 is 0.889 bits per heavy atom. The maximum atomic E-state index is 13.1. The van der Waals surface area contributed by atoms with Crippen LogP contribution in [-0.4, -0.2) is 45.6 Å². The Morgan fingerprint density at radius 2 is 1.67 bits per heavy atom. The van der Waals surface area contributed by atoms with Crippen LogP contribution in [0.25, 0.3) is 0 Å². The number of rotatable bonds is 3. The fourth-order valence-electron chi connectivity index (χ4n) is 4.01. The summed E-state index contributed by atoms with van der Waals surface area (Å²) in [6.07, 6.45) is 1.75. The van der Waals surface area contributed by atoms with E-state index in [-0.39, 0.29) is 10.8 Å². The molecule has 142 valence electrons. The lowest BCUT2D eigenvalue weighted by Gasteiger charge is -2.21. The molecule has 0 spiro atoms. The largest absolute Gasteiger partial charge is 0.493 e. The van der Waals surface area contributed by atoms with Gasteiger partial charge in [-0.25, -0.2) is 8.42 Å². The first kappa shape index (κ1) is 16.9. The standard InChI is InChI=1S/C20H21NO5S/c22-27(23,17-2-4-19-20(12-17)26-10-9-25-19)21-7-5-16(13-21)14-1-3-18-15(11-14)6-8-24-18/h1-4,11-12,16H,5-10,13H2. The predicted octanol–water partition coefficient (Wildman–Crippen LogP) is 2.57. The number of ether oxygens (including phenoxy) is 3. The molecular weight excluding hydrogens is 366 g/mol. The van der Waals surface area contributed by atoms with E-state index in [1.807, 2.05) is 6.07 Å². The molecule has 0 saturated carbocycles. The summed E-state index contributed by atoms with van der Waals surface area (Å²) in [7, 11) is -3.55. The molecule has 1 unspecified atom stereocenters. The molecular formula is C20H21NO5S. The fourth-order valence-corrected chi connectivity index (χ4v) is 5.53. The summed E-state index contributed by atoms with van der Waals surface area (Å²) in [5, 5.41) is 0. The molecule has 27 heavy (non-hydrogen) atoms. The number of fused-ring (bicyclic) bond motifs is 2. The zero-order valence-electron chi connectivity index (χ0n) is 14.9. The number of sulfonamides is 1. The molecule has 3 aliphatic heterocycles. The van der Waals surface area contributed by atoms with Crippen molar-refractivity contribution in [1.82, 2.24) is 4.31 Å². The molecule has 7 heteroatoms. The van der Waals surface area contributed by atoms with Crippen LogP contribution in [0.1, 0.15) is 23.5 Å². The minimum Gasteiger partial charge on any atom is -0.493 e. The maximum absolute atomic E-state index is 13.1. The SMILES string of the molecule is O=S(=O)(c1ccc2c(c1)OCCO2)N1CCC(c2ccc3c(c2)CCO3)C1. The van der Waals surface area contributed by atoms with Crippen molar-refractivity contribution < 1.29 is 22.6 Å². The number of hydrogen-bond donors (Lipinski definition) is 0. The average Bonchev–Trinajstić information content (AvgIpc) is 3.36. The molecule has 0 aliphatic carbocycles. The van der Waals surface area contributed by atoms with Crippen LogP contribution in [0.5, 0.6) is 17.2 Å². The molecule has 0 radical (unpaired) electrons. The van der Waals surface area contributed by atoms with Crippen molar-refractivity contribution in [2.24, 2.45) is 0 Å². The lowest BCUT2D eigenvalue weighted by molar-refractivity contribution is 0.171. The lowest BCUT2D eigenvalue weighted by atomic mass is 9.96. The van der Waals surface area contributed by atoms with Gasteiger partial charge in [0.1, 0.15) is 19.0 Å². The Morgan fingerprint density at radius 3 is 2.56 bits per heavy atom. The molecule has 0 amide bonds. The first-order valence-corrected chi connectivity index (χ1v) is 10.7. The van der Waals surface area contributed by atoms with E-state index in [9.17, 15) is 8.42 Å². The first-order valence-electron chi connectivity index (χ1n) is 9.27. The topological polar surface area (TPSA) is 65.1 Å². The molecule has 3 heterocycles. The van der Waals surface area contributed by atoms with E-state index in [4.69, 9.17) is 14.2 Å². The summed E-state index contributed by atoms with van der Waals surface area (Å²) < 4.78 is 44.3. The molecule has 0 N–H and O–H groups in total. The van der Waals surface area contributed by atoms with Gasteiger partial charge in [0, 0.05) is 25.6 Å². The third-order valence-corrected chi connectivity index (χ3v) is 7.35. The quantitative estimate of drug-likeness (QED) is 0.810. The maximum Gasteiger partial charge on any atom is 0.243 e. The van der Waals surface area contributed by atoms with E-state index in [1.54, 1.807) is 22.5 Å². The first-order chi connectivity index (χ1) is 13.1. The van der Waals surface area contributed by atoms with E-state index in [0.717, 1.165) is 25.2 Å². The van der Waals surface area contributed by atoms with E-state index in [1.165, 1.54) is 11.1 Å². The third-order valence-electron chi connectivity index (χ3n) is 5.49. The van der Waals surface area contributed by atoms with Gasteiger partial charge in [-0.15, -0.1) is 0 Å². The van der Waals surface area contributed by atoms with Gasteiger partial charge < -0.3 is 14.2 Å². The third kappa shape index (κ3) is 2.95. The Labute approximate surface area is 158 Å². The van der Waals surface area contributed by atoms with Crippen molar-refractivity contribution in [2.45, 2.75) is 23.7 Å². The van der Waals surface area contributed by atoms with Crippen LogP contribution in [0.2, 0.25) is 0 Å². The summed E-state index contributed by atoms with van der Waals surface area (Å²) in [6, 6.07) is 11.1. The molecule has 2 aromatic carbocycles. The van der Waals surface area contributed by atoms with Gasteiger partial charge in [0.25, 0.3) is 0 Å². The molecule has 1 fully saturated rings. The monoisotopic (exact) mass is 387 g/mol. The minimum atomic E-state index is -3.55. The highest BCUT2D eigenvalue weighted by Crippen LogP contribution is 2.37. The van der Waals surface area contributed by atoms with Crippen molar-refractivity contribution in [3.63, 3.8) is 0 Å². The number of nitrogens with zero attached hydrogens (tertiary/aromatic N) is 1. The van der Waals surface area contributed by atoms with Crippen molar-refractivity contribution in [2.75, 3.05) is 32.9 Å². The van der Waals surface area contributed by atoms with E-state index in [2.05, 4.69) is 12.1 Å². The smallest absolute Gasteiger partial charge is 0.243 e. The van der Waals surface area contributed by atoms with Crippen LogP contribution in [0.3, 0.4) is 0 Å². The second-order valence-electron chi connectivity index (χ2n) is 7.12. The fraction of sp³-hybridized carbons (Fsp3) is 0.400. The molecule has 0 aromatic heterocycles. The Balaban J connectivity index is 1.37. The van der Waals surface area contributed by atoms with Crippen molar-refractivity contribution in [3.05, 3.63) is 47.5 Å². The van der Waals surface area contributed by atoms with Crippen LogP contribution >= 0.6 is 0 Å². The second kappa shape index (κ2) is 6.42. The summed E-state index contributed by atoms with van der Waals surface area (Å²) in [5.41, 5.74) is 2.42. The van der Waals surface area contributed by atoms with E-state index >= 15 is 0 Å². The average molecular weight is 387 g/mol. The lowest BCUT2D eigenvalue weighted by Crippen LogP contribution is -2.29. The van der Waals surface area contributed by atoms with E-state index in [0.29, 0.717) is 37.8 Å². The Kier molecular flexibility index (Phi) is 4.02. The Bertz CT molecular complexity index is 988. The second-order valence-corrected chi connectivity index (χ2v) is 9.06. The highest BCUT2D eigenvalue weighted by Gasteiger charge is 2.34. The van der Waals surface area contributed by atoms with Gasteiger partial charge in [-0.05, 0) is 41.7 Å². The molecule has 6 nitrogen and oxygen atoms in total. The minimum absolute atomic E-state index is 0.211. The summed E-state index contributed by atoms with van der Waals surface area (Å²) in [4.78, 5) is 0.259. The van der Waals surface area contributed by atoms with Gasteiger partial charge in [0.15, 0.2) is 11.5 Å². The number of hydrogen-bond acceptors (Lipinski definition) is 5. The van der Waals surface area contributed by atoms with Crippen molar-refractivity contribution >= 4 is 10.0 Å². The highest BCUT2D eigenvalue weighted by atomic mass is 32.2. The van der Waals surface area contributed by atoms with Gasteiger partial charge in [-0.1, -0.05) is 12.1 Å². The molecule has 5 rings (SSSR count). The van der Waals surface area contributed by atoms with Crippen LogP contribution in [0, 0.1) is 0 Å². The molecule has 1 saturated heterocycles. The van der Waals surface area contributed by atoms with Crippen LogP contribution in [0.4, 0.5) is 0 Å². The van der Waals surface area contributed by atoms with Crippen molar-refractivity contribution in [1.29, 1.82) is 0 Å². The van der Waals surface area contributed by atoms with Gasteiger partial charge in [0.05, 0.1) is 11.5 Å². The van der Waals surface area contributed by atoms with Gasteiger partial charge in [-0.2, -0.15) is 4.31 Å². The zero-order valence-corrected chi connectivity index (χ0v) is 15.7. The normalized spacial score (nSPS) is 21.7. The summed E-state index contributed by atoms with van der Waals surface area (Å²) >= 11 is 0. The van der Waals surface area contributed by atoms with Crippen molar-refractivity contribution in [3.8, 4) is 17.2 Å². The Hall–Kier alpha value is -2.25. The molecule has 3 aliphatic rings. The predicted molar refractivity (Wildman–Crippen MR) is 99.2 cm³/mol. The van der Waals surface area contributed by atoms with Crippen LogP contribution in [-0.2, 0) is 16.4 Å². The highest BCUT2D eigenvalue weighted by molar-refractivity contribution is 7.89. The molecule has 1 atom stereocenters. The van der Waals surface area contributed by atoms with E-state index < -0.39 is 10.0 Å². The zero-order chi connectivity index (χ0) is 18.4. The summed E-state index contributed by atoms with van der Waals surface area (Å²) in [5.74, 6) is 2.26. The van der Waals surface area contributed by atoms with Gasteiger partial charge in [0.2, 0.25) is 10.0 Å². The van der Waals surface area contributed by atoms with Gasteiger partial charge in [-0.3, -0.25) is 0 Å². The van der Waals surface area contributed by atoms with Crippen LogP contribution < -0.4 is 14.2 Å². The molecule has 0 bridgehead atoms. The van der Waals surface area contributed by atoms with Gasteiger partial charge >= 0.3 is 0 Å². The number of benzene rings is 2. The van der Waals surface area contributed by atoms with Crippen LogP contribution in [0.15, 0.2) is 41.3 Å².